The van der Waals surface area contributed by atoms with Gasteiger partial charge in [-0.05, 0) is 24.3 Å². The van der Waals surface area contributed by atoms with E-state index in [2.05, 4.69) is 0 Å². The molecule has 0 unspecified atom stereocenters. The fraction of sp³-hybridized carbons (Fsp3) is 0. The summed E-state index contributed by atoms with van der Waals surface area (Å²) in [6.07, 6.45) is 0. The van der Waals surface area contributed by atoms with Crippen molar-refractivity contribution in [3.05, 3.63) is 68.7 Å². The maximum absolute atomic E-state index is 11.9. The molecular weight excluding hydrogens is 323 g/mol. The highest BCUT2D eigenvalue weighted by molar-refractivity contribution is 6.49. The lowest BCUT2D eigenvalue weighted by Crippen LogP contribution is -2.13. The van der Waals surface area contributed by atoms with E-state index in [1.165, 1.54) is 24.3 Å². The lowest BCUT2D eigenvalue weighted by Gasteiger charge is -2.06. The lowest BCUT2D eigenvalue weighted by atomic mass is 10.2. The molecule has 0 radical (unpaired) electrons. The Morgan fingerprint density at radius 1 is 0.800 bits per heavy atom. The van der Waals surface area contributed by atoms with Crippen LogP contribution in [0.25, 0.3) is 0 Å². The fourth-order valence-corrected chi connectivity index (χ4v) is 2.07. The summed E-state index contributed by atoms with van der Waals surface area (Å²) >= 11 is 17.5. The van der Waals surface area contributed by atoms with Crippen molar-refractivity contribution in [2.45, 2.75) is 0 Å². The number of benzene rings is 2. The second kappa shape index (κ2) is 6.27. The zero-order valence-electron chi connectivity index (χ0n) is 9.90. The molecule has 102 valence electrons. The summed E-state index contributed by atoms with van der Waals surface area (Å²) in [4.78, 5) is 23.6. The van der Waals surface area contributed by atoms with Crippen molar-refractivity contribution in [2.24, 2.45) is 0 Å². The van der Waals surface area contributed by atoms with Crippen molar-refractivity contribution >= 4 is 46.7 Å². The smallest absolute Gasteiger partial charge is 0.347 e. The zero-order chi connectivity index (χ0) is 14.7. The van der Waals surface area contributed by atoms with Crippen LogP contribution in [-0.2, 0) is 4.74 Å². The Morgan fingerprint density at radius 3 is 2.10 bits per heavy atom. The first-order valence-corrected chi connectivity index (χ1v) is 6.59. The predicted molar refractivity (Wildman–Crippen MR) is 77.7 cm³/mol. The highest BCUT2D eigenvalue weighted by atomic mass is 35.5. The third kappa shape index (κ3) is 3.12. The Labute approximate surface area is 130 Å². The summed E-state index contributed by atoms with van der Waals surface area (Å²) < 4.78 is 4.73. The molecule has 0 amide bonds. The van der Waals surface area contributed by atoms with E-state index in [0.717, 1.165) is 0 Å². The number of hydrogen-bond acceptors (Lipinski definition) is 3. The van der Waals surface area contributed by atoms with Gasteiger partial charge in [0.25, 0.3) is 0 Å². The van der Waals surface area contributed by atoms with Crippen molar-refractivity contribution in [3.8, 4) is 0 Å². The number of carbonyl (C=O) groups excluding carboxylic acids is 2. The fourth-order valence-electron chi connectivity index (χ4n) is 1.46. The van der Waals surface area contributed by atoms with Gasteiger partial charge in [-0.25, -0.2) is 9.59 Å². The van der Waals surface area contributed by atoms with Gasteiger partial charge in [-0.3, -0.25) is 0 Å². The average molecular weight is 330 g/mol. The van der Waals surface area contributed by atoms with E-state index in [0.29, 0.717) is 0 Å². The molecule has 0 aliphatic carbocycles. The predicted octanol–water partition coefficient (Wildman–Crippen LogP) is 4.64. The molecule has 0 bridgehead atoms. The SMILES string of the molecule is O=C(OC(=O)c1ccc(Cl)c(Cl)c1Cl)c1ccccc1. The summed E-state index contributed by atoms with van der Waals surface area (Å²) in [5, 5.41) is 0.197. The largest absolute Gasteiger partial charge is 0.386 e. The molecule has 0 atom stereocenters. The van der Waals surface area contributed by atoms with Gasteiger partial charge in [-0.2, -0.15) is 0 Å². The summed E-state index contributed by atoms with van der Waals surface area (Å²) in [6.45, 7) is 0. The molecule has 2 rings (SSSR count). The van der Waals surface area contributed by atoms with Crippen LogP contribution in [0.15, 0.2) is 42.5 Å². The van der Waals surface area contributed by atoms with Gasteiger partial charge in [0.2, 0.25) is 0 Å². The van der Waals surface area contributed by atoms with Crippen molar-refractivity contribution in [3.63, 3.8) is 0 Å². The Balaban J connectivity index is 2.21. The molecule has 0 saturated carbocycles. The quantitative estimate of drug-likeness (QED) is 0.458. The first kappa shape index (κ1) is 14.9. The minimum atomic E-state index is -0.887. The number of esters is 2. The molecule has 0 aliphatic rings. The maximum Gasteiger partial charge on any atom is 0.347 e. The monoisotopic (exact) mass is 328 g/mol. The zero-order valence-corrected chi connectivity index (χ0v) is 12.2. The van der Waals surface area contributed by atoms with Crippen LogP contribution in [-0.4, -0.2) is 11.9 Å². The number of halogens is 3. The van der Waals surface area contributed by atoms with Crippen LogP contribution >= 0.6 is 34.8 Å². The molecule has 0 spiro atoms. The second-order valence-electron chi connectivity index (χ2n) is 3.77. The van der Waals surface area contributed by atoms with E-state index in [9.17, 15) is 9.59 Å². The Morgan fingerprint density at radius 2 is 1.45 bits per heavy atom. The van der Waals surface area contributed by atoms with E-state index in [1.807, 2.05) is 0 Å². The number of carbonyl (C=O) groups is 2. The van der Waals surface area contributed by atoms with Gasteiger partial charge in [0, 0.05) is 0 Å². The Hall–Kier alpha value is -1.55. The van der Waals surface area contributed by atoms with E-state index in [1.54, 1.807) is 18.2 Å². The summed E-state index contributed by atoms with van der Waals surface area (Å²) in [5.74, 6) is -1.65. The highest BCUT2D eigenvalue weighted by Gasteiger charge is 2.20. The van der Waals surface area contributed by atoms with Crippen LogP contribution in [0.3, 0.4) is 0 Å². The molecule has 0 heterocycles. The van der Waals surface area contributed by atoms with Crippen LogP contribution in [0.5, 0.6) is 0 Å². The van der Waals surface area contributed by atoms with E-state index in [-0.39, 0.29) is 26.2 Å². The van der Waals surface area contributed by atoms with Crippen LogP contribution in [0.2, 0.25) is 15.1 Å². The molecule has 0 N–H and O–H groups in total. The molecule has 0 aliphatic heterocycles. The first-order valence-electron chi connectivity index (χ1n) is 5.45. The van der Waals surface area contributed by atoms with Crippen LogP contribution in [0, 0.1) is 0 Å². The molecule has 20 heavy (non-hydrogen) atoms. The minimum absolute atomic E-state index is 0.0228. The van der Waals surface area contributed by atoms with Gasteiger partial charge in [-0.1, -0.05) is 53.0 Å². The van der Waals surface area contributed by atoms with Gasteiger partial charge in [0.15, 0.2) is 0 Å². The second-order valence-corrected chi connectivity index (χ2v) is 4.93. The van der Waals surface area contributed by atoms with Crippen molar-refractivity contribution in [1.29, 1.82) is 0 Å². The molecule has 3 nitrogen and oxygen atoms in total. The molecule has 0 aromatic heterocycles. The lowest BCUT2D eigenvalue weighted by molar-refractivity contribution is 0.0398. The Bertz CT molecular complexity index is 669. The summed E-state index contributed by atoms with van der Waals surface area (Å²) in [7, 11) is 0. The average Bonchev–Trinajstić information content (AvgIpc) is 2.45. The number of rotatable bonds is 2. The van der Waals surface area contributed by atoms with E-state index >= 15 is 0 Å². The van der Waals surface area contributed by atoms with Gasteiger partial charge in [-0.15, -0.1) is 0 Å². The number of ether oxygens (including phenoxy) is 1. The summed E-state index contributed by atoms with van der Waals surface area (Å²) in [5.41, 5.74) is 0.238. The minimum Gasteiger partial charge on any atom is -0.386 e. The molecule has 0 saturated heterocycles. The first-order chi connectivity index (χ1) is 9.50. The summed E-state index contributed by atoms with van der Waals surface area (Å²) in [6, 6.07) is 10.9. The third-order valence-electron chi connectivity index (χ3n) is 2.45. The van der Waals surface area contributed by atoms with Gasteiger partial charge >= 0.3 is 11.9 Å². The van der Waals surface area contributed by atoms with Crippen molar-refractivity contribution < 1.29 is 14.3 Å². The van der Waals surface area contributed by atoms with Crippen LogP contribution < -0.4 is 0 Å². The van der Waals surface area contributed by atoms with Gasteiger partial charge < -0.3 is 4.74 Å². The van der Waals surface area contributed by atoms with Crippen molar-refractivity contribution in [1.82, 2.24) is 0 Å². The van der Waals surface area contributed by atoms with Gasteiger partial charge in [0.05, 0.1) is 26.2 Å². The van der Waals surface area contributed by atoms with E-state index in [4.69, 9.17) is 39.5 Å². The molecule has 2 aromatic carbocycles. The maximum atomic E-state index is 11.9. The standard InChI is InChI=1S/C14H7Cl3O3/c15-10-7-6-9(11(16)12(10)17)14(19)20-13(18)8-4-2-1-3-5-8/h1-7H. The molecule has 2 aromatic rings. The van der Waals surface area contributed by atoms with Gasteiger partial charge in [0.1, 0.15) is 0 Å². The Kier molecular flexibility index (Phi) is 4.65. The topological polar surface area (TPSA) is 43.4 Å². The molecule has 6 heteroatoms. The van der Waals surface area contributed by atoms with Crippen LogP contribution in [0.1, 0.15) is 20.7 Å². The normalized spacial score (nSPS) is 10.2. The van der Waals surface area contributed by atoms with Crippen LogP contribution in [0.4, 0.5) is 0 Å². The molecular formula is C14H7Cl3O3. The van der Waals surface area contributed by atoms with Crippen molar-refractivity contribution in [2.75, 3.05) is 0 Å². The van der Waals surface area contributed by atoms with E-state index < -0.39 is 11.9 Å². The highest BCUT2D eigenvalue weighted by Crippen LogP contribution is 2.33. The number of hydrogen-bond donors (Lipinski definition) is 0. The molecule has 0 fully saturated rings. The third-order valence-corrected chi connectivity index (χ3v) is 3.74.